The van der Waals surface area contributed by atoms with Crippen LogP contribution >= 0.6 is 11.3 Å². The van der Waals surface area contributed by atoms with E-state index in [1.165, 1.54) is 30.6 Å². The van der Waals surface area contributed by atoms with E-state index in [1.807, 2.05) is 18.2 Å². The van der Waals surface area contributed by atoms with Crippen LogP contribution in [0.5, 0.6) is 17.2 Å². The van der Waals surface area contributed by atoms with E-state index in [9.17, 15) is 26.4 Å². The first-order chi connectivity index (χ1) is 16.5. The second-order valence-electron chi connectivity index (χ2n) is 7.23. The topological polar surface area (TPSA) is 78.9 Å². The number of thiophene rings is 1. The van der Waals surface area contributed by atoms with Crippen LogP contribution in [-0.2, 0) is 10.1 Å². The Kier molecular flexibility index (Phi) is 6.48. The van der Waals surface area contributed by atoms with E-state index in [0.717, 1.165) is 22.4 Å². The predicted octanol–water partition coefficient (Wildman–Crippen LogP) is 6.04. The average Bonchev–Trinajstić information content (AvgIpc) is 3.21. The van der Waals surface area contributed by atoms with Crippen molar-refractivity contribution in [1.82, 2.24) is 0 Å². The van der Waals surface area contributed by atoms with Gasteiger partial charge in [0, 0.05) is 26.1 Å². The van der Waals surface area contributed by atoms with Crippen molar-refractivity contribution in [2.75, 3.05) is 14.2 Å². The van der Waals surface area contributed by atoms with Crippen molar-refractivity contribution in [3.05, 3.63) is 77.9 Å². The third-order valence-corrected chi connectivity index (χ3v) is 7.26. The van der Waals surface area contributed by atoms with E-state index in [0.29, 0.717) is 27.3 Å². The van der Waals surface area contributed by atoms with Crippen molar-refractivity contribution in [2.45, 2.75) is 5.51 Å². The number of halogens is 3. The van der Waals surface area contributed by atoms with Crippen LogP contribution < -0.4 is 13.7 Å². The fourth-order valence-electron chi connectivity index (χ4n) is 3.36. The van der Waals surface area contributed by atoms with Crippen molar-refractivity contribution in [1.29, 1.82) is 0 Å². The molecule has 4 aromatic rings. The minimum absolute atomic E-state index is 0.145. The van der Waals surface area contributed by atoms with Gasteiger partial charge in [-0.3, -0.25) is 4.79 Å². The molecule has 0 radical (unpaired) electrons. The van der Waals surface area contributed by atoms with Crippen molar-refractivity contribution in [2.24, 2.45) is 0 Å². The Labute approximate surface area is 202 Å². The summed E-state index contributed by atoms with van der Waals surface area (Å²) in [6.07, 6.45) is 0. The highest BCUT2D eigenvalue weighted by atomic mass is 32.2. The number of carbonyl (C=O) groups is 1. The minimum atomic E-state index is -5.82. The third kappa shape index (κ3) is 4.82. The number of rotatable bonds is 7. The quantitative estimate of drug-likeness (QED) is 0.167. The zero-order valence-electron chi connectivity index (χ0n) is 18.3. The Morgan fingerprint density at radius 2 is 1.40 bits per heavy atom. The minimum Gasteiger partial charge on any atom is -0.497 e. The predicted molar refractivity (Wildman–Crippen MR) is 126 cm³/mol. The van der Waals surface area contributed by atoms with Gasteiger partial charge in [0.25, 0.3) is 0 Å². The Hall–Kier alpha value is -3.57. The Morgan fingerprint density at radius 1 is 0.829 bits per heavy atom. The summed E-state index contributed by atoms with van der Waals surface area (Å²) in [6, 6.07) is 16.9. The molecule has 0 atom stereocenters. The fraction of sp³-hybridized carbons (Fsp3) is 0.125. The summed E-state index contributed by atoms with van der Waals surface area (Å²) in [6.45, 7) is 0. The van der Waals surface area contributed by atoms with Crippen molar-refractivity contribution in [3.63, 3.8) is 0 Å². The maximum atomic E-state index is 13.6. The number of benzene rings is 3. The number of ether oxygens (including phenoxy) is 2. The maximum Gasteiger partial charge on any atom is 0.534 e. The van der Waals surface area contributed by atoms with Gasteiger partial charge < -0.3 is 13.7 Å². The lowest BCUT2D eigenvalue weighted by atomic mass is 9.97. The summed E-state index contributed by atoms with van der Waals surface area (Å²) >= 11 is 1.39. The number of methoxy groups -OCH3 is 2. The summed E-state index contributed by atoms with van der Waals surface area (Å²) in [4.78, 5) is 14.2. The molecule has 0 bridgehead atoms. The molecule has 1 aromatic heterocycles. The number of hydrogen-bond acceptors (Lipinski definition) is 7. The van der Waals surface area contributed by atoms with Crippen molar-refractivity contribution < 1.29 is 40.0 Å². The Balaban J connectivity index is 1.77. The molecule has 0 saturated carbocycles. The second kappa shape index (κ2) is 9.23. The molecule has 6 nitrogen and oxygen atoms in total. The average molecular weight is 523 g/mol. The number of carbonyl (C=O) groups excluding carboxylic acids is 1. The number of fused-ring (bicyclic) bond motifs is 1. The molecule has 0 spiro atoms. The molecule has 0 fully saturated rings. The maximum absolute atomic E-state index is 13.6. The first-order valence-electron chi connectivity index (χ1n) is 9.94. The molecule has 0 aliphatic heterocycles. The molecule has 0 N–H and O–H groups in total. The van der Waals surface area contributed by atoms with Crippen LogP contribution in [0.4, 0.5) is 13.2 Å². The highest BCUT2D eigenvalue weighted by molar-refractivity contribution is 7.88. The molecule has 0 aliphatic carbocycles. The summed E-state index contributed by atoms with van der Waals surface area (Å²) in [5.74, 6) is 0.312. The number of hydrogen-bond donors (Lipinski definition) is 0. The largest absolute Gasteiger partial charge is 0.534 e. The molecule has 3 aromatic carbocycles. The Bertz CT molecular complexity index is 1490. The number of alkyl halides is 3. The summed E-state index contributed by atoms with van der Waals surface area (Å²) in [5.41, 5.74) is -4.25. The third-order valence-electron chi connectivity index (χ3n) is 5.08. The van der Waals surface area contributed by atoms with Crippen molar-refractivity contribution >= 4 is 37.3 Å². The Morgan fingerprint density at radius 3 is 1.97 bits per heavy atom. The first-order valence-corrected chi connectivity index (χ1v) is 12.2. The van der Waals surface area contributed by atoms with Gasteiger partial charge in [0.05, 0.1) is 14.2 Å². The van der Waals surface area contributed by atoms with E-state index < -0.39 is 27.2 Å². The molecule has 35 heavy (non-hydrogen) atoms. The lowest BCUT2D eigenvalue weighted by Crippen LogP contribution is -2.28. The summed E-state index contributed by atoms with van der Waals surface area (Å²) in [5, 5.41) is 0.673. The van der Waals surface area contributed by atoms with Crippen LogP contribution in [0.15, 0.2) is 66.7 Å². The van der Waals surface area contributed by atoms with E-state index in [2.05, 4.69) is 4.18 Å². The zero-order chi connectivity index (χ0) is 25.4. The van der Waals surface area contributed by atoms with Gasteiger partial charge in [-0.15, -0.1) is 11.3 Å². The molecule has 1 heterocycles. The van der Waals surface area contributed by atoms with Gasteiger partial charge in [0.1, 0.15) is 17.2 Å². The van der Waals surface area contributed by atoms with E-state index in [1.54, 1.807) is 31.4 Å². The highest BCUT2D eigenvalue weighted by Gasteiger charge is 2.48. The monoisotopic (exact) mass is 522 g/mol. The molecule has 11 heteroatoms. The normalized spacial score (nSPS) is 11.9. The van der Waals surface area contributed by atoms with Gasteiger partial charge in [-0.1, -0.05) is 0 Å². The van der Waals surface area contributed by atoms with E-state index >= 15 is 0 Å². The van der Waals surface area contributed by atoms with E-state index in [-0.39, 0.29) is 5.56 Å². The molecule has 0 unspecified atom stereocenters. The lowest BCUT2D eigenvalue weighted by Gasteiger charge is -2.10. The lowest BCUT2D eigenvalue weighted by molar-refractivity contribution is -0.0500. The van der Waals surface area contributed by atoms with Crippen LogP contribution in [-0.4, -0.2) is 33.9 Å². The molecular weight excluding hydrogens is 505 g/mol. The summed E-state index contributed by atoms with van der Waals surface area (Å²) in [7, 11) is -2.74. The SMILES string of the molecule is COc1ccc(-c2sc3cc(OC)ccc3c2C(=O)c2ccc(OS(=O)(=O)C(F)(F)F)cc2)cc1. The highest BCUT2D eigenvalue weighted by Crippen LogP contribution is 2.41. The second-order valence-corrected chi connectivity index (χ2v) is 9.82. The van der Waals surface area contributed by atoms with E-state index in [4.69, 9.17) is 9.47 Å². The van der Waals surface area contributed by atoms with Crippen LogP contribution in [0, 0.1) is 0 Å². The molecule has 182 valence electrons. The molecule has 0 saturated heterocycles. The molecule has 0 amide bonds. The fourth-order valence-corrected chi connectivity index (χ4v) is 5.05. The molecule has 0 aliphatic rings. The van der Waals surface area contributed by atoms with Gasteiger partial charge in [-0.05, 0) is 72.3 Å². The van der Waals surface area contributed by atoms with Crippen LogP contribution in [0.25, 0.3) is 20.5 Å². The zero-order valence-corrected chi connectivity index (χ0v) is 19.9. The van der Waals surface area contributed by atoms with Gasteiger partial charge in [-0.2, -0.15) is 21.6 Å². The smallest absolute Gasteiger partial charge is 0.497 e. The van der Waals surface area contributed by atoms with Gasteiger partial charge in [-0.25, -0.2) is 0 Å². The summed E-state index contributed by atoms with van der Waals surface area (Å²) < 4.78 is 75.6. The van der Waals surface area contributed by atoms with Gasteiger partial charge >= 0.3 is 15.6 Å². The first kappa shape index (κ1) is 24.6. The number of ketones is 1. The van der Waals surface area contributed by atoms with Crippen LogP contribution in [0.1, 0.15) is 15.9 Å². The molecular formula is C24H17F3O6S2. The van der Waals surface area contributed by atoms with Crippen molar-refractivity contribution in [3.8, 4) is 27.7 Å². The molecule has 4 rings (SSSR count). The standard InChI is InChI=1S/C24H17F3O6S2/c1-31-16-7-5-15(6-8-16)23-21(19-12-11-18(32-2)13-20(19)34-23)22(28)14-3-9-17(10-4-14)33-35(29,30)24(25,26)27/h3-13H,1-2H3. The van der Waals surface area contributed by atoms with Crippen LogP contribution in [0.3, 0.4) is 0 Å². The van der Waals surface area contributed by atoms with Crippen LogP contribution in [0.2, 0.25) is 0 Å². The van der Waals surface area contributed by atoms with Gasteiger partial charge in [0.2, 0.25) is 0 Å². The van der Waals surface area contributed by atoms with Gasteiger partial charge in [0.15, 0.2) is 5.78 Å².